The van der Waals surface area contributed by atoms with E-state index in [1.54, 1.807) is 100 Å². The van der Waals surface area contributed by atoms with Crippen molar-refractivity contribution in [3.63, 3.8) is 0 Å². The molecule has 1 amide bonds. The van der Waals surface area contributed by atoms with E-state index >= 15 is 0 Å². The first kappa shape index (κ1) is 97.6. The smallest absolute Gasteiger partial charge is 0.408 e. The van der Waals surface area contributed by atoms with E-state index in [9.17, 15) is 94.1 Å². The lowest BCUT2D eigenvalue weighted by Crippen LogP contribution is -2.54. The van der Waals surface area contributed by atoms with Crippen LogP contribution in [-0.2, 0) is 61.1 Å². The van der Waals surface area contributed by atoms with E-state index in [1.807, 2.05) is 12.1 Å². The SMILES string of the molecule is CC(C)(C)OC(=O)NC1(c2cccc(F)c2)CCCCC1=O.CC1(c2cccc(F)c2)CCCC(O)C1=O.Fc1cccc(Br)c1.NC1(c2cccc(F)c2)CCCC(O)C1=O.NC1(c2cccc(F)c2)CCCCC1=O.O=C1CCCCC1(c1cccc(F)c1)[N+](=O)[O-].O=C1CCCCC1c1cccc(F)c1.OC1CCCCC1c1cccc(F)c1. The van der Waals surface area contributed by atoms with Gasteiger partial charge < -0.3 is 36.8 Å². The van der Waals surface area contributed by atoms with E-state index in [0.717, 1.165) is 98.7 Å². The number of nitrogens with zero attached hydrogens (tertiary/aromatic N) is 1. The zero-order valence-corrected chi connectivity index (χ0v) is 70.8. The van der Waals surface area contributed by atoms with Gasteiger partial charge in [-0.3, -0.25) is 38.9 Å². The highest BCUT2D eigenvalue weighted by Gasteiger charge is 2.53. The molecule has 0 saturated heterocycles. The summed E-state index contributed by atoms with van der Waals surface area (Å²) < 4.78 is 110. The standard InChI is InChI=1S/C17H22FNO3.C13H15FO2.C12H12FNO3.C12H14FNO2.C12H14FNO.C12H15FO.C12H13FO.C6H4BrF/c1-16(2,3)22-15(21)19-17(10-5-4-9-14(17)20)12-7-6-8-13(18)11-12;1-13(7-3-6-11(15)12(13)16)9-4-2-5-10(14)8-9;13-10-5-3-4-9(8-10)12(14(16)17)7-2-1-6-11(12)15;13-9-4-1-3-8(7-9)12(14)6-2-5-10(15)11(12)16;13-10-5-3-4-9(8-10)12(14)7-2-1-6-11(12)15;2*13-10-5-3-4-9(8-10)11-6-1-2-7-12(11)14;7-5-2-1-3-6(8)4-5/h6-8,11H,4-5,9-10H2,1-3H3,(H,19,21);2,4-5,8,11,15H,3,6-7H2,1H3;3-5,8H,1-2,6-7H2;1,3-4,7,10,15H,2,5-6,14H2;3-5,8H,1-2,6-7,14H2;3-5,8,11-12,14H,1-2,6-7H2;3-5,8,11H,1-2,6-7H2;1-4H. The van der Waals surface area contributed by atoms with E-state index in [0.29, 0.717) is 99.3 Å². The van der Waals surface area contributed by atoms with Gasteiger partial charge in [0, 0.05) is 58.9 Å². The quantitative estimate of drug-likeness (QED) is 0.0445. The molecule has 8 aromatic carbocycles. The van der Waals surface area contributed by atoms with Gasteiger partial charge in [-0.15, -0.1) is 0 Å². The summed E-state index contributed by atoms with van der Waals surface area (Å²) in [6.45, 7) is 7.05. The van der Waals surface area contributed by atoms with Crippen molar-refractivity contribution in [2.24, 2.45) is 11.5 Å². The van der Waals surface area contributed by atoms with Gasteiger partial charge >= 0.3 is 11.6 Å². The number of Topliss-reactive ketones (excluding diaryl/α,β-unsaturated/α-hetero) is 6. The monoisotopic (exact) mass is 1760 g/mol. The van der Waals surface area contributed by atoms with Crippen LogP contribution in [-0.4, -0.2) is 84.9 Å². The second kappa shape index (κ2) is 45.0. The summed E-state index contributed by atoms with van der Waals surface area (Å²) in [5.74, 6) is -3.50. The minimum atomic E-state index is -1.74. The molecule has 10 unspecified atom stereocenters. The average Bonchev–Trinajstić information content (AvgIpc) is 0.770. The molecule has 0 aliphatic heterocycles. The van der Waals surface area contributed by atoms with Gasteiger partial charge in [0.15, 0.2) is 23.1 Å². The van der Waals surface area contributed by atoms with Crippen molar-refractivity contribution in [2.45, 2.75) is 258 Å². The number of nitro groups is 1. The molecule has 7 saturated carbocycles. The predicted molar refractivity (Wildman–Crippen MR) is 451 cm³/mol. The molecular formula is C96H109BrF8N4O13. The maximum absolute atomic E-state index is 13.6. The number of amides is 1. The Morgan fingerprint density at radius 3 is 1.35 bits per heavy atom. The maximum atomic E-state index is 13.6. The van der Waals surface area contributed by atoms with Crippen LogP contribution in [0.4, 0.5) is 39.9 Å². The van der Waals surface area contributed by atoms with Crippen LogP contribution in [0, 0.1) is 56.7 Å². The van der Waals surface area contributed by atoms with Crippen molar-refractivity contribution in [1.29, 1.82) is 0 Å². The number of benzene rings is 8. The van der Waals surface area contributed by atoms with Crippen LogP contribution in [0.15, 0.2) is 199 Å². The second-order valence-electron chi connectivity index (χ2n) is 33.2. The highest BCUT2D eigenvalue weighted by atomic mass is 79.9. The molecule has 0 bridgehead atoms. The first-order valence-electron chi connectivity index (χ1n) is 41.5. The van der Waals surface area contributed by atoms with Crippen molar-refractivity contribution < 1.29 is 93.7 Å². The van der Waals surface area contributed by atoms with Gasteiger partial charge in [0.05, 0.1) is 11.5 Å². The Bertz CT molecular complexity index is 4820. The third-order valence-electron chi connectivity index (χ3n) is 23.2. The van der Waals surface area contributed by atoms with Gasteiger partial charge in [0.1, 0.15) is 86.7 Å². The van der Waals surface area contributed by atoms with Gasteiger partial charge in [-0.25, -0.2) is 39.9 Å². The molecule has 26 heteroatoms. The molecule has 0 radical (unpaired) electrons. The molecule has 15 rings (SSSR count). The molecule has 0 heterocycles. The Morgan fingerprint density at radius 2 is 0.852 bits per heavy atom. The maximum Gasteiger partial charge on any atom is 0.408 e. The third kappa shape index (κ3) is 26.6. The number of aliphatic hydroxyl groups is 3. The zero-order valence-electron chi connectivity index (χ0n) is 69.2. The van der Waals surface area contributed by atoms with Crippen molar-refractivity contribution in [1.82, 2.24) is 5.32 Å². The number of ketones is 6. The predicted octanol–water partition coefficient (Wildman–Crippen LogP) is 20.0. The third-order valence-corrected chi connectivity index (χ3v) is 23.7. The Kier molecular flexibility index (Phi) is 36.0. The van der Waals surface area contributed by atoms with Gasteiger partial charge in [0.25, 0.3) is 0 Å². The number of halogens is 9. The van der Waals surface area contributed by atoms with Gasteiger partial charge in [0.2, 0.25) is 5.78 Å². The fraction of sp³-hybridized carbons (Fsp3) is 0.427. The molecule has 8 N–H and O–H groups in total. The van der Waals surface area contributed by atoms with Crippen LogP contribution in [0.3, 0.4) is 0 Å². The van der Waals surface area contributed by atoms with Crippen LogP contribution in [0.2, 0.25) is 0 Å². The number of nitrogens with one attached hydrogen (secondary N) is 1. The number of nitrogens with two attached hydrogens (primary N) is 2. The van der Waals surface area contributed by atoms with Crippen molar-refractivity contribution in [2.75, 3.05) is 0 Å². The fourth-order valence-corrected chi connectivity index (χ4v) is 17.0. The van der Waals surface area contributed by atoms with E-state index in [4.69, 9.17) is 16.2 Å². The van der Waals surface area contributed by atoms with Crippen molar-refractivity contribution in [3.8, 4) is 0 Å². The normalized spacial score (nSPS) is 25.0. The molecule has 7 aliphatic carbocycles. The molecular weight excluding hydrogens is 1650 g/mol. The molecule has 654 valence electrons. The minimum Gasteiger partial charge on any atom is -0.444 e. The molecule has 8 aromatic rings. The number of alkyl carbamates (subject to hydrolysis) is 1. The Hall–Kier alpha value is -9.83. The summed E-state index contributed by atoms with van der Waals surface area (Å²) in [5.41, 5.74) is 9.69. The molecule has 0 aromatic heterocycles. The van der Waals surface area contributed by atoms with Gasteiger partial charge in [-0.05, 0) is 273 Å². The summed E-state index contributed by atoms with van der Waals surface area (Å²) in [6, 6.07) is 48.1. The number of ether oxygens (including phenoxy) is 1. The van der Waals surface area contributed by atoms with E-state index in [-0.39, 0.29) is 88.6 Å². The fourth-order valence-electron chi connectivity index (χ4n) is 16.6. The summed E-state index contributed by atoms with van der Waals surface area (Å²) in [6.07, 6.45) is 15.3. The number of carbonyl (C=O) groups is 7. The average molecular weight is 1760 g/mol. The summed E-state index contributed by atoms with van der Waals surface area (Å²) in [7, 11) is 0. The van der Waals surface area contributed by atoms with Crippen LogP contribution < -0.4 is 16.8 Å². The number of carbonyl (C=O) groups excluding carboxylic acids is 7. The highest BCUT2D eigenvalue weighted by Crippen LogP contribution is 2.42. The van der Waals surface area contributed by atoms with Gasteiger partial charge in [-0.1, -0.05) is 133 Å². The van der Waals surface area contributed by atoms with E-state index in [1.165, 1.54) is 103 Å². The number of aliphatic hydroxyl groups excluding tert-OH is 3. The van der Waals surface area contributed by atoms with E-state index in [2.05, 4.69) is 21.2 Å². The largest absolute Gasteiger partial charge is 0.444 e. The summed E-state index contributed by atoms with van der Waals surface area (Å²) in [4.78, 5) is 94.5. The van der Waals surface area contributed by atoms with Gasteiger partial charge in [-0.2, -0.15) is 0 Å². The highest BCUT2D eigenvalue weighted by molar-refractivity contribution is 9.10. The van der Waals surface area contributed by atoms with E-state index < -0.39 is 85.4 Å². The number of hydrogen-bond acceptors (Lipinski definition) is 15. The first-order chi connectivity index (χ1) is 57.8. The summed E-state index contributed by atoms with van der Waals surface area (Å²) in [5, 5.41) is 42.9. The zero-order chi connectivity index (χ0) is 89.2. The summed E-state index contributed by atoms with van der Waals surface area (Å²) >= 11 is 3.12. The lowest BCUT2D eigenvalue weighted by Gasteiger charge is -2.37. The molecule has 0 spiro atoms. The topological polar surface area (TPSA) is 297 Å². The van der Waals surface area contributed by atoms with Crippen LogP contribution in [0.5, 0.6) is 0 Å². The first-order valence-corrected chi connectivity index (χ1v) is 42.3. The molecule has 17 nitrogen and oxygen atoms in total. The van der Waals surface area contributed by atoms with Crippen molar-refractivity contribution in [3.05, 3.63) is 294 Å². The Morgan fingerprint density at radius 1 is 0.443 bits per heavy atom. The molecule has 7 aliphatic rings. The Labute approximate surface area is 715 Å². The number of rotatable bonds is 9. The van der Waals surface area contributed by atoms with Crippen LogP contribution >= 0.6 is 15.9 Å². The minimum absolute atomic E-state index is 0.0272. The van der Waals surface area contributed by atoms with Crippen LogP contribution in [0.25, 0.3) is 0 Å². The molecule has 7 fully saturated rings. The number of hydrogen-bond donors (Lipinski definition) is 6. The Balaban J connectivity index is 0.000000175. The molecule has 10 atom stereocenters. The van der Waals surface area contributed by atoms with Crippen LogP contribution in [0.1, 0.15) is 245 Å². The van der Waals surface area contributed by atoms with Crippen molar-refractivity contribution >= 4 is 56.7 Å². The molecule has 122 heavy (non-hydrogen) atoms. The lowest BCUT2D eigenvalue weighted by atomic mass is 9.69. The second-order valence-corrected chi connectivity index (χ2v) is 34.1. The lowest BCUT2D eigenvalue weighted by molar-refractivity contribution is -0.563.